The van der Waals surface area contributed by atoms with Crippen LogP contribution < -0.4 is 14.8 Å². The zero-order chi connectivity index (χ0) is 20.2. The van der Waals surface area contributed by atoms with Crippen LogP contribution in [0.3, 0.4) is 0 Å². The summed E-state index contributed by atoms with van der Waals surface area (Å²) in [6, 6.07) is 7.17. The molecule has 1 N–H and O–H groups in total. The number of amides is 1. The van der Waals surface area contributed by atoms with E-state index < -0.39 is 0 Å². The first kappa shape index (κ1) is 18.6. The molecule has 9 nitrogen and oxygen atoms in total. The molecule has 1 amide bonds. The molecule has 0 saturated carbocycles. The Hall–Kier alpha value is -3.75. The summed E-state index contributed by atoms with van der Waals surface area (Å²) in [7, 11) is 1.56. The van der Waals surface area contributed by atoms with Crippen LogP contribution in [0.15, 0.2) is 49.4 Å². The number of fused-ring (bicyclic) bond motifs is 1. The van der Waals surface area contributed by atoms with Crippen LogP contribution in [0.2, 0.25) is 0 Å². The van der Waals surface area contributed by atoms with E-state index in [1.807, 2.05) is 6.07 Å². The van der Waals surface area contributed by atoms with Crippen molar-refractivity contribution in [3.8, 4) is 11.8 Å². The Labute approximate surface area is 167 Å². The Bertz CT molecular complexity index is 1060. The molecule has 1 atom stereocenters. The van der Waals surface area contributed by atoms with Crippen molar-refractivity contribution in [1.29, 1.82) is 0 Å². The van der Waals surface area contributed by atoms with Gasteiger partial charge in [0.2, 0.25) is 17.7 Å². The number of ether oxygens (including phenoxy) is 2. The number of anilines is 2. The number of nitrogens with zero attached hydrogens (tertiary/aromatic N) is 5. The highest BCUT2D eigenvalue weighted by Gasteiger charge is 2.26. The first-order valence-corrected chi connectivity index (χ1v) is 9.13. The molecule has 4 heterocycles. The minimum absolute atomic E-state index is 0.0877. The van der Waals surface area contributed by atoms with E-state index in [1.54, 1.807) is 36.4 Å². The number of nitrogens with one attached hydrogen (secondary N) is 1. The van der Waals surface area contributed by atoms with Crippen molar-refractivity contribution < 1.29 is 14.3 Å². The van der Waals surface area contributed by atoms with Crippen molar-refractivity contribution >= 4 is 28.4 Å². The van der Waals surface area contributed by atoms with Crippen molar-refractivity contribution in [2.24, 2.45) is 0 Å². The predicted molar refractivity (Wildman–Crippen MR) is 107 cm³/mol. The summed E-state index contributed by atoms with van der Waals surface area (Å²) in [5, 5.41) is 3.22. The molecule has 0 unspecified atom stereocenters. The number of likely N-dealkylation sites (tertiary alicyclic amines) is 1. The molecule has 1 aliphatic rings. The lowest BCUT2D eigenvalue weighted by atomic mass is 10.3. The first-order valence-electron chi connectivity index (χ1n) is 9.13. The molecule has 148 valence electrons. The van der Waals surface area contributed by atoms with Gasteiger partial charge in [0.15, 0.2) is 5.82 Å². The van der Waals surface area contributed by atoms with Gasteiger partial charge in [0.05, 0.1) is 19.2 Å². The fourth-order valence-corrected chi connectivity index (χ4v) is 3.14. The van der Waals surface area contributed by atoms with Crippen LogP contribution in [0.5, 0.6) is 11.8 Å². The molecular formula is C20H20N6O3. The number of carbonyl (C=O) groups excluding carboxylic acids is 1. The van der Waals surface area contributed by atoms with Gasteiger partial charge in [-0.3, -0.25) is 4.79 Å². The molecular weight excluding hydrogens is 372 g/mol. The maximum absolute atomic E-state index is 11.7. The van der Waals surface area contributed by atoms with Crippen LogP contribution in [-0.2, 0) is 4.79 Å². The minimum atomic E-state index is -0.116. The zero-order valence-corrected chi connectivity index (χ0v) is 15.9. The van der Waals surface area contributed by atoms with Crippen molar-refractivity contribution in [3.05, 3.63) is 49.4 Å². The number of hydrogen-bond acceptors (Lipinski definition) is 8. The Kier molecular flexibility index (Phi) is 5.19. The van der Waals surface area contributed by atoms with Crippen molar-refractivity contribution in [3.63, 3.8) is 0 Å². The average molecular weight is 392 g/mol. The van der Waals surface area contributed by atoms with E-state index in [4.69, 9.17) is 9.47 Å². The zero-order valence-electron chi connectivity index (χ0n) is 15.9. The molecule has 0 radical (unpaired) electrons. The van der Waals surface area contributed by atoms with Crippen LogP contribution >= 0.6 is 0 Å². The van der Waals surface area contributed by atoms with Crippen LogP contribution in [0.4, 0.5) is 11.5 Å². The summed E-state index contributed by atoms with van der Waals surface area (Å²) >= 11 is 0. The van der Waals surface area contributed by atoms with Crippen LogP contribution in [0.1, 0.15) is 6.42 Å². The molecule has 0 aliphatic carbocycles. The standard InChI is InChI=1S/C20H20N6O3/c1-3-18(27)26-9-7-14(11-26)29-16-5-4-15-19(25-16)20(23-12-22-15)24-13-6-8-21-17(10-13)28-2/h3-6,8,10,12,14H,1,7,9,11H2,2H3,(H,21,22,23,24)/t14-/m0/s1. The Morgan fingerprint density at radius 1 is 1.28 bits per heavy atom. The molecule has 0 spiro atoms. The van der Waals surface area contributed by atoms with Gasteiger partial charge in [-0.15, -0.1) is 0 Å². The molecule has 3 aromatic rings. The number of rotatable bonds is 6. The van der Waals surface area contributed by atoms with E-state index in [9.17, 15) is 4.79 Å². The Morgan fingerprint density at radius 2 is 2.17 bits per heavy atom. The van der Waals surface area contributed by atoms with E-state index in [-0.39, 0.29) is 12.0 Å². The Morgan fingerprint density at radius 3 is 3.00 bits per heavy atom. The minimum Gasteiger partial charge on any atom is -0.481 e. The topological polar surface area (TPSA) is 102 Å². The first-order chi connectivity index (χ1) is 14.2. The molecule has 1 aliphatic heterocycles. The second kappa shape index (κ2) is 8.09. The van der Waals surface area contributed by atoms with Crippen LogP contribution in [0.25, 0.3) is 11.0 Å². The van der Waals surface area contributed by atoms with Crippen molar-refractivity contribution in [2.75, 3.05) is 25.5 Å². The van der Waals surface area contributed by atoms with Gasteiger partial charge in [-0.05, 0) is 18.2 Å². The molecule has 3 aromatic heterocycles. The molecule has 4 rings (SSSR count). The third-order valence-electron chi connectivity index (χ3n) is 4.58. The maximum atomic E-state index is 11.7. The normalized spacial score (nSPS) is 15.9. The molecule has 1 fully saturated rings. The second-order valence-electron chi connectivity index (χ2n) is 6.47. The second-order valence-corrected chi connectivity index (χ2v) is 6.47. The molecule has 0 aromatic carbocycles. The van der Waals surface area contributed by atoms with E-state index >= 15 is 0 Å². The molecule has 29 heavy (non-hydrogen) atoms. The highest BCUT2D eigenvalue weighted by molar-refractivity contribution is 5.88. The van der Waals surface area contributed by atoms with Gasteiger partial charge in [-0.2, -0.15) is 0 Å². The van der Waals surface area contributed by atoms with Crippen molar-refractivity contribution in [2.45, 2.75) is 12.5 Å². The van der Waals surface area contributed by atoms with E-state index in [0.29, 0.717) is 41.7 Å². The lowest BCUT2D eigenvalue weighted by molar-refractivity contribution is -0.125. The largest absolute Gasteiger partial charge is 0.481 e. The molecule has 9 heteroatoms. The van der Waals surface area contributed by atoms with E-state index in [1.165, 1.54) is 12.4 Å². The summed E-state index contributed by atoms with van der Waals surface area (Å²) in [6.45, 7) is 4.68. The fourth-order valence-electron chi connectivity index (χ4n) is 3.14. The Balaban J connectivity index is 1.56. The fraction of sp³-hybridized carbons (Fsp3) is 0.250. The number of carbonyl (C=O) groups is 1. The van der Waals surface area contributed by atoms with Gasteiger partial charge in [-0.1, -0.05) is 6.58 Å². The summed E-state index contributed by atoms with van der Waals surface area (Å²) in [6.07, 6.45) is 5.06. The monoisotopic (exact) mass is 392 g/mol. The summed E-state index contributed by atoms with van der Waals surface area (Å²) in [5.74, 6) is 1.41. The van der Waals surface area contributed by atoms with Crippen molar-refractivity contribution in [1.82, 2.24) is 24.8 Å². The third-order valence-corrected chi connectivity index (χ3v) is 4.58. The summed E-state index contributed by atoms with van der Waals surface area (Å²) in [5.41, 5.74) is 2.03. The molecule has 0 bridgehead atoms. The van der Waals surface area contributed by atoms with Gasteiger partial charge >= 0.3 is 0 Å². The lowest BCUT2D eigenvalue weighted by Gasteiger charge is -2.15. The number of aromatic nitrogens is 4. The number of hydrogen-bond donors (Lipinski definition) is 1. The van der Waals surface area contributed by atoms with E-state index in [2.05, 4.69) is 31.8 Å². The molecule has 1 saturated heterocycles. The highest BCUT2D eigenvalue weighted by Crippen LogP contribution is 2.26. The lowest BCUT2D eigenvalue weighted by Crippen LogP contribution is -2.29. The SMILES string of the molecule is C=CC(=O)N1CC[C@H](Oc2ccc3ncnc(Nc4ccnc(OC)c4)c3n2)C1. The summed E-state index contributed by atoms with van der Waals surface area (Å²) in [4.78, 5) is 30.7. The quantitative estimate of drug-likeness (QED) is 0.638. The number of pyridine rings is 2. The van der Waals surface area contributed by atoms with Gasteiger partial charge < -0.3 is 19.7 Å². The smallest absolute Gasteiger partial charge is 0.246 e. The maximum Gasteiger partial charge on any atom is 0.246 e. The van der Waals surface area contributed by atoms with Gasteiger partial charge in [0.1, 0.15) is 17.9 Å². The third kappa shape index (κ3) is 4.08. The van der Waals surface area contributed by atoms with E-state index in [0.717, 1.165) is 12.1 Å². The van der Waals surface area contributed by atoms with Crippen LogP contribution in [-0.4, -0.2) is 57.0 Å². The van der Waals surface area contributed by atoms with Crippen LogP contribution in [0, 0.1) is 0 Å². The predicted octanol–water partition coefficient (Wildman–Crippen LogP) is 2.34. The van der Waals surface area contributed by atoms with Gasteiger partial charge in [-0.25, -0.2) is 19.9 Å². The van der Waals surface area contributed by atoms with Gasteiger partial charge in [0, 0.05) is 37.0 Å². The van der Waals surface area contributed by atoms with Gasteiger partial charge in [0.25, 0.3) is 0 Å². The highest BCUT2D eigenvalue weighted by atomic mass is 16.5. The summed E-state index contributed by atoms with van der Waals surface area (Å²) < 4.78 is 11.2. The average Bonchev–Trinajstić information content (AvgIpc) is 3.22. The number of methoxy groups -OCH3 is 1.